The van der Waals surface area contributed by atoms with Gasteiger partial charge in [0, 0.05) is 23.8 Å². The van der Waals surface area contributed by atoms with Crippen LogP contribution >= 0.6 is 0 Å². The lowest BCUT2D eigenvalue weighted by molar-refractivity contribution is 0.105. The van der Waals surface area contributed by atoms with Gasteiger partial charge in [-0.25, -0.2) is 13.2 Å². The maximum atomic E-state index is 15.4. The molecule has 0 spiro atoms. The molecule has 1 aromatic heterocycles. The molecule has 1 aliphatic carbocycles. The van der Waals surface area contributed by atoms with Gasteiger partial charge in [0.25, 0.3) is 5.56 Å². The van der Waals surface area contributed by atoms with E-state index in [2.05, 4.69) is 30.6 Å². The number of anilines is 1. The molecule has 0 bridgehead atoms. The predicted octanol–water partition coefficient (Wildman–Crippen LogP) is 7.65. The monoisotopic (exact) mass is 643 g/mol. The molecule has 4 aromatic rings. The SMILES string of the molecule is C=C(c1ccc(F)c(C)c1)c1ccc(=O)n(-c2c(F)cc(OCCCN[C@@H](Cc3ccccc3)C(=C)OC3CCCC3)cc2F)c1N. The van der Waals surface area contributed by atoms with E-state index in [4.69, 9.17) is 15.2 Å². The Kier molecular flexibility index (Phi) is 10.9. The van der Waals surface area contributed by atoms with Gasteiger partial charge in [-0.15, -0.1) is 0 Å². The summed E-state index contributed by atoms with van der Waals surface area (Å²) < 4.78 is 57.3. The van der Waals surface area contributed by atoms with Crippen molar-refractivity contribution in [3.63, 3.8) is 0 Å². The van der Waals surface area contributed by atoms with Crippen LogP contribution in [0.4, 0.5) is 19.0 Å². The third-order valence-electron chi connectivity index (χ3n) is 8.45. The number of aromatic nitrogens is 1. The van der Waals surface area contributed by atoms with Crippen molar-refractivity contribution in [2.75, 3.05) is 18.9 Å². The highest BCUT2D eigenvalue weighted by Gasteiger charge is 2.23. The molecule has 5 rings (SSSR count). The van der Waals surface area contributed by atoms with Crippen LogP contribution in [0.2, 0.25) is 0 Å². The fraction of sp³-hybridized carbons (Fsp3) is 0.289. The molecule has 1 aliphatic rings. The lowest BCUT2D eigenvalue weighted by atomic mass is 9.98. The van der Waals surface area contributed by atoms with Gasteiger partial charge in [-0.05, 0) is 92.5 Å². The van der Waals surface area contributed by atoms with E-state index in [0.717, 1.165) is 54.0 Å². The van der Waals surface area contributed by atoms with Gasteiger partial charge < -0.3 is 20.5 Å². The molecule has 0 unspecified atom stereocenters. The van der Waals surface area contributed by atoms with Crippen LogP contribution in [0.25, 0.3) is 11.3 Å². The van der Waals surface area contributed by atoms with Crippen LogP contribution in [0, 0.1) is 24.4 Å². The van der Waals surface area contributed by atoms with Crippen LogP contribution in [0.15, 0.2) is 96.5 Å². The van der Waals surface area contributed by atoms with E-state index in [-0.39, 0.29) is 41.7 Å². The smallest absolute Gasteiger partial charge is 0.256 e. The highest BCUT2D eigenvalue weighted by Crippen LogP contribution is 2.31. The number of benzene rings is 3. The molecule has 246 valence electrons. The zero-order valence-corrected chi connectivity index (χ0v) is 26.5. The molecule has 1 atom stereocenters. The summed E-state index contributed by atoms with van der Waals surface area (Å²) in [5.74, 6) is -1.94. The second-order valence-corrected chi connectivity index (χ2v) is 11.9. The Morgan fingerprint density at radius 2 is 1.68 bits per heavy atom. The Labute approximate surface area is 273 Å². The second kappa shape index (κ2) is 15.2. The second-order valence-electron chi connectivity index (χ2n) is 11.9. The number of nitrogens with one attached hydrogen (secondary N) is 1. The standard InChI is InChI=1S/C38H40F3N3O3/c1-24-20-28(14-16-32(24)39)25(2)31-15-17-36(45)44(38(31)42)37-33(40)22-30(23-34(37)41)46-19-9-18-43-35(21-27-10-5-4-6-11-27)26(3)47-29-12-7-8-13-29/h4-6,10-11,14-17,20,22-23,29,35,43H,2-3,7-9,12-13,18-19,21,42H2,1H3/t35-/m0/s1. The van der Waals surface area contributed by atoms with Crippen molar-refractivity contribution in [2.24, 2.45) is 0 Å². The molecule has 47 heavy (non-hydrogen) atoms. The lowest BCUT2D eigenvalue weighted by Crippen LogP contribution is -2.36. The minimum absolute atomic E-state index is 0.0208. The fourth-order valence-electron chi connectivity index (χ4n) is 5.86. The van der Waals surface area contributed by atoms with E-state index in [1.807, 2.05) is 18.2 Å². The number of aryl methyl sites for hydroxylation is 1. The third kappa shape index (κ3) is 8.16. The van der Waals surface area contributed by atoms with Crippen molar-refractivity contribution < 1.29 is 22.6 Å². The maximum absolute atomic E-state index is 15.4. The summed E-state index contributed by atoms with van der Waals surface area (Å²) in [6, 6.07) is 19.0. The molecule has 6 nitrogen and oxygen atoms in total. The number of ether oxygens (including phenoxy) is 2. The van der Waals surface area contributed by atoms with E-state index in [1.165, 1.54) is 18.2 Å². The van der Waals surface area contributed by atoms with Crippen LogP contribution in [-0.2, 0) is 11.2 Å². The van der Waals surface area contributed by atoms with Crippen molar-refractivity contribution in [3.8, 4) is 11.4 Å². The molecule has 0 aliphatic heterocycles. The minimum atomic E-state index is -1.02. The molecule has 0 saturated heterocycles. The number of nitrogens with two attached hydrogens (primary N) is 1. The maximum Gasteiger partial charge on any atom is 0.256 e. The zero-order chi connectivity index (χ0) is 33.5. The zero-order valence-electron chi connectivity index (χ0n) is 26.5. The number of hydrogen-bond acceptors (Lipinski definition) is 5. The summed E-state index contributed by atoms with van der Waals surface area (Å²) in [6.07, 6.45) is 5.86. The molecular weight excluding hydrogens is 603 g/mol. The topological polar surface area (TPSA) is 78.5 Å². The molecule has 1 saturated carbocycles. The van der Waals surface area contributed by atoms with Crippen molar-refractivity contribution in [2.45, 2.75) is 57.6 Å². The minimum Gasteiger partial charge on any atom is -0.494 e. The number of nitrogens with zero attached hydrogens (tertiary/aromatic N) is 1. The first-order valence-electron chi connectivity index (χ1n) is 15.8. The van der Waals surface area contributed by atoms with Gasteiger partial charge in [0.2, 0.25) is 0 Å². The van der Waals surface area contributed by atoms with Crippen molar-refractivity contribution in [1.29, 1.82) is 0 Å². The number of halogens is 3. The van der Waals surface area contributed by atoms with Gasteiger partial charge in [-0.3, -0.25) is 9.36 Å². The first-order valence-corrected chi connectivity index (χ1v) is 15.8. The van der Waals surface area contributed by atoms with Gasteiger partial charge in [0.15, 0.2) is 11.6 Å². The highest BCUT2D eigenvalue weighted by molar-refractivity contribution is 5.83. The van der Waals surface area contributed by atoms with Crippen molar-refractivity contribution in [1.82, 2.24) is 9.88 Å². The molecule has 3 N–H and O–H groups in total. The first kappa shape index (κ1) is 33.6. The summed E-state index contributed by atoms with van der Waals surface area (Å²) in [7, 11) is 0. The number of nitrogen functional groups attached to an aromatic ring is 1. The normalized spacial score (nSPS) is 13.8. The van der Waals surface area contributed by atoms with Crippen LogP contribution in [0.1, 0.15) is 54.4 Å². The summed E-state index contributed by atoms with van der Waals surface area (Å²) in [4.78, 5) is 12.8. The first-order chi connectivity index (χ1) is 22.6. The lowest BCUT2D eigenvalue weighted by Gasteiger charge is -2.24. The molecule has 0 amide bonds. The van der Waals surface area contributed by atoms with Gasteiger partial charge in [0.1, 0.15) is 28.8 Å². The largest absolute Gasteiger partial charge is 0.494 e. The Morgan fingerprint density at radius 3 is 2.36 bits per heavy atom. The van der Waals surface area contributed by atoms with E-state index >= 15 is 8.78 Å². The number of hydrogen-bond donors (Lipinski definition) is 2. The summed E-state index contributed by atoms with van der Waals surface area (Å²) in [5, 5.41) is 3.50. The van der Waals surface area contributed by atoms with Gasteiger partial charge >= 0.3 is 0 Å². The van der Waals surface area contributed by atoms with E-state index in [1.54, 1.807) is 13.0 Å². The predicted molar refractivity (Wildman–Crippen MR) is 180 cm³/mol. The van der Waals surface area contributed by atoms with E-state index in [0.29, 0.717) is 41.8 Å². The number of rotatable bonds is 14. The van der Waals surface area contributed by atoms with E-state index in [9.17, 15) is 9.18 Å². The molecule has 3 aromatic carbocycles. The average Bonchev–Trinajstić information content (AvgIpc) is 3.56. The fourth-order valence-corrected chi connectivity index (χ4v) is 5.86. The Balaban J connectivity index is 1.24. The summed E-state index contributed by atoms with van der Waals surface area (Å²) >= 11 is 0. The third-order valence-corrected chi connectivity index (χ3v) is 8.45. The molecule has 9 heteroatoms. The molecule has 1 fully saturated rings. The Hall–Kier alpha value is -4.76. The van der Waals surface area contributed by atoms with Crippen LogP contribution < -0.4 is 21.3 Å². The van der Waals surface area contributed by atoms with Crippen LogP contribution in [0.5, 0.6) is 5.75 Å². The Bertz CT molecular complexity index is 1780. The van der Waals surface area contributed by atoms with Gasteiger partial charge in [0.05, 0.1) is 18.8 Å². The molecule has 1 heterocycles. The van der Waals surface area contributed by atoms with Crippen molar-refractivity contribution in [3.05, 3.63) is 142 Å². The van der Waals surface area contributed by atoms with Crippen LogP contribution in [0.3, 0.4) is 0 Å². The molecular formula is C38H40F3N3O3. The van der Waals surface area contributed by atoms with Gasteiger partial charge in [-0.1, -0.05) is 49.6 Å². The van der Waals surface area contributed by atoms with Gasteiger partial charge in [-0.2, -0.15) is 0 Å². The Morgan fingerprint density at radius 1 is 0.979 bits per heavy atom. The molecule has 0 radical (unpaired) electrons. The summed E-state index contributed by atoms with van der Waals surface area (Å²) in [5.41, 5.74) is 7.69. The quantitative estimate of drug-likeness (QED) is 0.109. The summed E-state index contributed by atoms with van der Waals surface area (Å²) in [6.45, 7) is 10.6. The number of pyridine rings is 1. The van der Waals surface area contributed by atoms with Crippen molar-refractivity contribution >= 4 is 11.4 Å². The highest BCUT2D eigenvalue weighted by atomic mass is 19.1. The van der Waals surface area contributed by atoms with E-state index < -0.39 is 22.9 Å². The van der Waals surface area contributed by atoms with Crippen LogP contribution in [-0.4, -0.2) is 29.9 Å². The average molecular weight is 644 g/mol.